The Morgan fingerprint density at radius 3 is 2.23 bits per heavy atom. The lowest BCUT2D eigenvalue weighted by Gasteiger charge is -2.15. The predicted molar refractivity (Wildman–Crippen MR) is 112 cm³/mol. The summed E-state index contributed by atoms with van der Waals surface area (Å²) >= 11 is 0. The van der Waals surface area contributed by atoms with Crippen LogP contribution >= 0.6 is 0 Å². The van der Waals surface area contributed by atoms with Crippen molar-refractivity contribution in [1.82, 2.24) is 15.1 Å². The number of para-hydroxylation sites is 1. The van der Waals surface area contributed by atoms with Crippen molar-refractivity contribution in [3.05, 3.63) is 75.7 Å². The summed E-state index contributed by atoms with van der Waals surface area (Å²) < 4.78 is 17.5. The maximum atomic E-state index is 12.7. The van der Waals surface area contributed by atoms with Gasteiger partial charge in [0.1, 0.15) is 5.75 Å². The Balaban J connectivity index is 1.88. The first-order valence-corrected chi connectivity index (χ1v) is 9.22. The van der Waals surface area contributed by atoms with Gasteiger partial charge in [-0.05, 0) is 25.1 Å². The van der Waals surface area contributed by atoms with Crippen molar-refractivity contribution in [3.8, 4) is 22.9 Å². The summed E-state index contributed by atoms with van der Waals surface area (Å²) in [6.45, 7) is 1.88. The lowest BCUT2D eigenvalue weighted by molar-refractivity contribution is 0.0942. The highest BCUT2D eigenvalue weighted by molar-refractivity contribution is 5.92. The molecule has 8 nitrogen and oxygen atoms in total. The molecule has 0 aliphatic heterocycles. The Hall–Kier alpha value is -3.81. The van der Waals surface area contributed by atoms with Gasteiger partial charge >= 0.3 is 0 Å². The molecule has 0 unspecified atom stereocenters. The number of methoxy groups -OCH3 is 3. The molecule has 2 aromatic carbocycles. The number of ether oxygens (including phenoxy) is 3. The van der Waals surface area contributed by atoms with E-state index in [1.54, 1.807) is 23.7 Å². The SMILES string of the molecule is COc1cc(OC)c(OC)cc1CNC(=O)c1nn(-c2ccccc2)c(C)cc1=O. The minimum atomic E-state index is -0.582. The highest BCUT2D eigenvalue weighted by Crippen LogP contribution is 2.34. The fourth-order valence-corrected chi connectivity index (χ4v) is 3.03. The highest BCUT2D eigenvalue weighted by Gasteiger charge is 2.17. The number of amides is 1. The summed E-state index contributed by atoms with van der Waals surface area (Å²) in [5.41, 5.74) is 1.41. The number of hydrogen-bond donors (Lipinski definition) is 1. The molecule has 0 aliphatic carbocycles. The van der Waals surface area contributed by atoms with Gasteiger partial charge in [0.25, 0.3) is 5.91 Å². The first kappa shape index (κ1) is 20.9. The summed E-state index contributed by atoms with van der Waals surface area (Å²) in [6.07, 6.45) is 0. The molecule has 0 saturated carbocycles. The topological polar surface area (TPSA) is 91.7 Å². The van der Waals surface area contributed by atoms with Crippen molar-refractivity contribution in [3.63, 3.8) is 0 Å². The summed E-state index contributed by atoms with van der Waals surface area (Å²) in [4.78, 5) is 25.1. The monoisotopic (exact) mass is 409 g/mol. The van der Waals surface area contributed by atoms with Crippen LogP contribution in [0.3, 0.4) is 0 Å². The summed E-state index contributed by atoms with van der Waals surface area (Å²) in [5, 5.41) is 7.00. The lowest BCUT2D eigenvalue weighted by Crippen LogP contribution is -2.31. The smallest absolute Gasteiger partial charge is 0.276 e. The van der Waals surface area contributed by atoms with E-state index in [1.165, 1.54) is 27.4 Å². The first-order valence-electron chi connectivity index (χ1n) is 9.22. The maximum absolute atomic E-state index is 12.7. The Bertz CT molecular complexity index is 1110. The molecule has 0 bridgehead atoms. The lowest BCUT2D eigenvalue weighted by atomic mass is 10.1. The van der Waals surface area contributed by atoms with Gasteiger partial charge in [-0.15, -0.1) is 0 Å². The number of nitrogens with one attached hydrogen (secondary N) is 1. The second-order valence-electron chi connectivity index (χ2n) is 6.45. The third kappa shape index (κ3) is 4.27. The highest BCUT2D eigenvalue weighted by atomic mass is 16.5. The van der Waals surface area contributed by atoms with Crippen LogP contribution in [0.2, 0.25) is 0 Å². The van der Waals surface area contributed by atoms with E-state index in [1.807, 2.05) is 30.3 Å². The predicted octanol–water partition coefficient (Wildman–Crippen LogP) is 2.50. The van der Waals surface area contributed by atoms with Crippen LogP contribution in [0.15, 0.2) is 53.3 Å². The standard InChI is InChI=1S/C22H23N3O5/c1-14-10-17(26)21(24-25(14)16-8-6-5-7-9-16)22(27)23-13-15-11-19(29-3)20(30-4)12-18(15)28-2/h5-12H,13H2,1-4H3,(H,23,27). The van der Waals surface area contributed by atoms with Gasteiger partial charge in [0.15, 0.2) is 17.2 Å². The van der Waals surface area contributed by atoms with Gasteiger partial charge in [-0.25, -0.2) is 4.68 Å². The molecule has 0 spiro atoms. The summed E-state index contributed by atoms with van der Waals surface area (Å²) in [7, 11) is 4.57. The van der Waals surface area contributed by atoms with Crippen molar-refractivity contribution in [1.29, 1.82) is 0 Å². The molecular weight excluding hydrogens is 386 g/mol. The van der Waals surface area contributed by atoms with Gasteiger partial charge in [0.05, 0.1) is 27.0 Å². The van der Waals surface area contributed by atoms with Crippen molar-refractivity contribution >= 4 is 5.91 Å². The Kier molecular flexibility index (Phi) is 6.36. The average molecular weight is 409 g/mol. The molecule has 0 saturated heterocycles. The quantitative estimate of drug-likeness (QED) is 0.645. The van der Waals surface area contributed by atoms with E-state index in [-0.39, 0.29) is 12.2 Å². The Morgan fingerprint density at radius 1 is 0.967 bits per heavy atom. The van der Waals surface area contributed by atoms with Crippen molar-refractivity contribution in [2.45, 2.75) is 13.5 Å². The number of benzene rings is 2. The molecule has 1 heterocycles. The van der Waals surface area contributed by atoms with E-state index in [9.17, 15) is 9.59 Å². The van der Waals surface area contributed by atoms with E-state index in [4.69, 9.17) is 14.2 Å². The maximum Gasteiger partial charge on any atom is 0.276 e. The largest absolute Gasteiger partial charge is 0.496 e. The van der Waals surface area contributed by atoms with Gasteiger partial charge in [-0.2, -0.15) is 5.10 Å². The summed E-state index contributed by atoms with van der Waals surface area (Å²) in [6, 6.07) is 14.1. The normalized spacial score (nSPS) is 10.4. The van der Waals surface area contributed by atoms with Crippen LogP contribution in [0.5, 0.6) is 17.2 Å². The molecule has 156 valence electrons. The van der Waals surface area contributed by atoms with Gasteiger partial charge in [0, 0.05) is 29.9 Å². The molecule has 0 radical (unpaired) electrons. The number of aryl methyl sites for hydroxylation is 1. The Labute approximate surface area is 174 Å². The van der Waals surface area contributed by atoms with Crippen molar-refractivity contribution in [2.24, 2.45) is 0 Å². The second-order valence-corrected chi connectivity index (χ2v) is 6.45. The zero-order chi connectivity index (χ0) is 21.7. The van der Waals surface area contributed by atoms with Gasteiger partial charge in [0.2, 0.25) is 5.43 Å². The zero-order valence-electron chi connectivity index (χ0n) is 17.3. The van der Waals surface area contributed by atoms with Crippen LogP contribution in [0.1, 0.15) is 21.7 Å². The van der Waals surface area contributed by atoms with E-state index >= 15 is 0 Å². The molecule has 30 heavy (non-hydrogen) atoms. The Morgan fingerprint density at radius 2 is 1.60 bits per heavy atom. The number of rotatable bonds is 7. The molecule has 0 aliphatic rings. The van der Waals surface area contributed by atoms with Gasteiger partial charge in [-0.3, -0.25) is 9.59 Å². The number of carbonyl (C=O) groups is 1. The number of hydrogen-bond acceptors (Lipinski definition) is 6. The van der Waals surface area contributed by atoms with Crippen molar-refractivity contribution in [2.75, 3.05) is 21.3 Å². The molecule has 0 fully saturated rings. The average Bonchev–Trinajstić information content (AvgIpc) is 2.77. The van der Waals surface area contributed by atoms with Crippen LogP contribution in [0.25, 0.3) is 5.69 Å². The van der Waals surface area contributed by atoms with Crippen LogP contribution in [0, 0.1) is 6.92 Å². The molecule has 0 atom stereocenters. The molecule has 3 rings (SSSR count). The zero-order valence-corrected chi connectivity index (χ0v) is 17.3. The van der Waals surface area contributed by atoms with Crippen LogP contribution in [0.4, 0.5) is 0 Å². The van der Waals surface area contributed by atoms with E-state index < -0.39 is 11.3 Å². The fraction of sp³-hybridized carbons (Fsp3) is 0.227. The number of carbonyl (C=O) groups excluding carboxylic acids is 1. The minimum Gasteiger partial charge on any atom is -0.496 e. The first-order chi connectivity index (χ1) is 14.5. The van der Waals surface area contributed by atoms with Crippen LogP contribution in [-0.2, 0) is 6.54 Å². The minimum absolute atomic E-state index is 0.114. The molecule has 1 aromatic heterocycles. The number of nitrogens with zero attached hydrogens (tertiary/aromatic N) is 2. The third-order valence-corrected chi connectivity index (χ3v) is 4.55. The number of aromatic nitrogens is 2. The molecule has 1 amide bonds. The third-order valence-electron chi connectivity index (χ3n) is 4.55. The van der Waals surface area contributed by atoms with E-state index in [2.05, 4.69) is 10.4 Å². The fourth-order valence-electron chi connectivity index (χ4n) is 3.03. The summed E-state index contributed by atoms with van der Waals surface area (Å²) in [5.74, 6) is 0.950. The molecule has 3 aromatic rings. The van der Waals surface area contributed by atoms with Gasteiger partial charge < -0.3 is 19.5 Å². The van der Waals surface area contributed by atoms with E-state index in [0.29, 0.717) is 28.5 Å². The van der Waals surface area contributed by atoms with Crippen LogP contribution < -0.4 is 25.0 Å². The molecular formula is C22H23N3O5. The molecule has 8 heteroatoms. The van der Waals surface area contributed by atoms with Crippen molar-refractivity contribution < 1.29 is 19.0 Å². The van der Waals surface area contributed by atoms with E-state index in [0.717, 1.165) is 5.69 Å². The van der Waals surface area contributed by atoms with Crippen LogP contribution in [-0.4, -0.2) is 37.0 Å². The second kappa shape index (κ2) is 9.13. The molecule has 1 N–H and O–H groups in total. The van der Waals surface area contributed by atoms with Gasteiger partial charge in [-0.1, -0.05) is 18.2 Å².